The number of hydrogen-bond donors (Lipinski definition) is 2. The maximum Gasteiger partial charge on any atom is 0.325 e. The molecular weight excluding hydrogens is 303 g/mol. The molecule has 0 aromatic heterocycles. The van der Waals surface area contributed by atoms with Gasteiger partial charge in [-0.2, -0.15) is 0 Å². The van der Waals surface area contributed by atoms with E-state index in [0.29, 0.717) is 5.75 Å². The van der Waals surface area contributed by atoms with Crippen LogP contribution >= 0.6 is 0 Å². The zero-order valence-corrected chi connectivity index (χ0v) is 13.4. The minimum Gasteiger partial charge on any atom is -0.491 e. The summed E-state index contributed by atoms with van der Waals surface area (Å²) in [6.45, 7) is 5.08. The van der Waals surface area contributed by atoms with Gasteiger partial charge in [-0.3, -0.25) is 9.69 Å². The van der Waals surface area contributed by atoms with Crippen LogP contribution in [0, 0.1) is 11.7 Å². The summed E-state index contributed by atoms with van der Waals surface area (Å²) in [4.78, 5) is 25.3. The summed E-state index contributed by atoms with van der Waals surface area (Å²) in [5.41, 5.74) is -0.964. The minimum atomic E-state index is -1.04. The van der Waals surface area contributed by atoms with Gasteiger partial charge in [0.25, 0.3) is 5.91 Å². The molecule has 1 aromatic rings. The van der Waals surface area contributed by atoms with Gasteiger partial charge in [0.2, 0.25) is 0 Å². The van der Waals surface area contributed by atoms with Gasteiger partial charge in [0.15, 0.2) is 0 Å². The largest absolute Gasteiger partial charge is 0.491 e. The highest BCUT2D eigenvalue weighted by atomic mass is 19.1. The molecule has 7 heteroatoms. The maximum absolute atomic E-state index is 12.8. The number of halogens is 1. The van der Waals surface area contributed by atoms with Crippen molar-refractivity contribution in [3.63, 3.8) is 0 Å². The zero-order valence-electron chi connectivity index (χ0n) is 13.4. The zero-order chi connectivity index (χ0) is 17.2. The highest BCUT2D eigenvalue weighted by molar-refractivity contribution is 6.06. The second kappa shape index (κ2) is 6.54. The molecule has 1 fully saturated rings. The first-order chi connectivity index (χ1) is 10.7. The van der Waals surface area contributed by atoms with Crippen LogP contribution < -0.4 is 10.1 Å². The van der Waals surface area contributed by atoms with E-state index in [-0.39, 0.29) is 30.8 Å². The average Bonchev–Trinajstić information content (AvgIpc) is 2.71. The van der Waals surface area contributed by atoms with Gasteiger partial charge in [0.05, 0.1) is 6.54 Å². The summed E-state index contributed by atoms with van der Waals surface area (Å²) in [6.07, 6.45) is -1.04. The number of amides is 3. The van der Waals surface area contributed by atoms with E-state index in [1.165, 1.54) is 24.3 Å². The number of nitrogens with one attached hydrogen (secondary N) is 1. The van der Waals surface area contributed by atoms with E-state index in [1.54, 1.807) is 6.92 Å². The van der Waals surface area contributed by atoms with Crippen molar-refractivity contribution in [3.8, 4) is 5.75 Å². The Morgan fingerprint density at radius 2 is 1.91 bits per heavy atom. The molecule has 1 aliphatic heterocycles. The Morgan fingerprint density at radius 3 is 2.43 bits per heavy atom. The lowest BCUT2D eigenvalue weighted by Gasteiger charge is -2.26. The van der Waals surface area contributed by atoms with Gasteiger partial charge in [0.1, 0.15) is 29.8 Å². The molecule has 2 rings (SSSR count). The molecule has 126 valence electrons. The van der Waals surface area contributed by atoms with Gasteiger partial charge in [-0.05, 0) is 37.1 Å². The molecule has 3 amide bonds. The molecule has 0 spiro atoms. The smallest absolute Gasteiger partial charge is 0.325 e. The third kappa shape index (κ3) is 3.61. The van der Waals surface area contributed by atoms with Crippen molar-refractivity contribution in [2.45, 2.75) is 32.4 Å². The molecule has 2 atom stereocenters. The molecule has 0 radical (unpaired) electrons. The molecule has 1 aliphatic rings. The Hall–Kier alpha value is -2.15. The van der Waals surface area contributed by atoms with Crippen LogP contribution in [-0.2, 0) is 4.79 Å². The number of aliphatic hydroxyl groups excluding tert-OH is 1. The fraction of sp³-hybridized carbons (Fsp3) is 0.500. The third-order valence-electron chi connectivity index (χ3n) is 4.11. The summed E-state index contributed by atoms with van der Waals surface area (Å²) in [5.74, 6) is -0.422. The van der Waals surface area contributed by atoms with Crippen LogP contribution in [0.4, 0.5) is 9.18 Å². The van der Waals surface area contributed by atoms with Gasteiger partial charge in [0, 0.05) is 0 Å². The van der Waals surface area contributed by atoms with Gasteiger partial charge in [-0.15, -0.1) is 0 Å². The Balaban J connectivity index is 1.92. The molecule has 2 unspecified atom stereocenters. The van der Waals surface area contributed by atoms with Gasteiger partial charge >= 0.3 is 6.03 Å². The molecule has 2 N–H and O–H groups in total. The molecule has 0 aliphatic carbocycles. The van der Waals surface area contributed by atoms with Gasteiger partial charge in [-0.25, -0.2) is 9.18 Å². The standard InChI is InChI=1S/C16H21FN2O4/c1-10(2)16(3)14(21)19(15(22)18-16)8-12(20)9-23-13-6-4-11(17)5-7-13/h4-7,10,12,20H,8-9H2,1-3H3,(H,18,22). The lowest BCUT2D eigenvalue weighted by molar-refractivity contribution is -0.133. The lowest BCUT2D eigenvalue weighted by atomic mass is 9.88. The number of ether oxygens (including phenoxy) is 1. The van der Waals surface area contributed by atoms with Crippen molar-refractivity contribution in [3.05, 3.63) is 30.1 Å². The fourth-order valence-corrected chi connectivity index (χ4v) is 2.26. The van der Waals surface area contributed by atoms with Gasteiger partial charge in [-0.1, -0.05) is 13.8 Å². The van der Waals surface area contributed by atoms with Crippen LogP contribution in [0.2, 0.25) is 0 Å². The van der Waals surface area contributed by atoms with Crippen molar-refractivity contribution in [1.82, 2.24) is 10.2 Å². The Morgan fingerprint density at radius 1 is 1.30 bits per heavy atom. The molecule has 1 aromatic carbocycles. The molecule has 0 bridgehead atoms. The first-order valence-electron chi connectivity index (χ1n) is 7.44. The predicted molar refractivity (Wildman–Crippen MR) is 81.4 cm³/mol. The average molecular weight is 324 g/mol. The maximum atomic E-state index is 12.8. The van der Waals surface area contributed by atoms with Crippen molar-refractivity contribution in [2.75, 3.05) is 13.2 Å². The summed E-state index contributed by atoms with van der Waals surface area (Å²) >= 11 is 0. The van der Waals surface area contributed by atoms with E-state index in [9.17, 15) is 19.1 Å². The quantitative estimate of drug-likeness (QED) is 0.778. The van der Waals surface area contributed by atoms with E-state index in [1.807, 2.05) is 13.8 Å². The molecule has 1 heterocycles. The van der Waals surface area contributed by atoms with E-state index in [2.05, 4.69) is 5.32 Å². The highest BCUT2D eigenvalue weighted by Gasteiger charge is 2.49. The summed E-state index contributed by atoms with van der Waals surface area (Å²) in [7, 11) is 0. The number of rotatable bonds is 6. The van der Waals surface area contributed by atoms with E-state index < -0.39 is 17.7 Å². The molecular formula is C16H21FN2O4. The topological polar surface area (TPSA) is 78.9 Å². The van der Waals surface area contributed by atoms with E-state index in [4.69, 9.17) is 4.74 Å². The van der Waals surface area contributed by atoms with Crippen LogP contribution in [0.1, 0.15) is 20.8 Å². The minimum absolute atomic E-state index is 0.0726. The number of aliphatic hydroxyl groups is 1. The molecule has 0 saturated carbocycles. The van der Waals surface area contributed by atoms with Crippen molar-refractivity contribution < 1.29 is 23.8 Å². The first-order valence-corrected chi connectivity index (χ1v) is 7.44. The lowest BCUT2D eigenvalue weighted by Crippen LogP contribution is -2.49. The van der Waals surface area contributed by atoms with Crippen molar-refractivity contribution in [2.24, 2.45) is 5.92 Å². The fourth-order valence-electron chi connectivity index (χ4n) is 2.26. The first kappa shape index (κ1) is 17.2. The number of β-amino-alcohol motifs (C(OH)–C–C–N with tert-alkyl or cyclic N) is 1. The number of urea groups is 1. The monoisotopic (exact) mass is 324 g/mol. The van der Waals surface area contributed by atoms with Crippen LogP contribution in [0.25, 0.3) is 0 Å². The molecule has 6 nitrogen and oxygen atoms in total. The van der Waals surface area contributed by atoms with Crippen LogP contribution in [0.3, 0.4) is 0 Å². The summed E-state index contributed by atoms with van der Waals surface area (Å²) in [5, 5.41) is 12.7. The van der Waals surface area contributed by atoms with Crippen molar-refractivity contribution in [1.29, 1.82) is 0 Å². The number of hydrogen-bond acceptors (Lipinski definition) is 4. The number of imide groups is 1. The Bertz CT molecular complexity index is 590. The summed E-state index contributed by atoms with van der Waals surface area (Å²) in [6, 6.07) is 4.84. The van der Waals surface area contributed by atoms with Crippen LogP contribution in [-0.4, -0.2) is 46.7 Å². The van der Waals surface area contributed by atoms with E-state index in [0.717, 1.165) is 4.90 Å². The third-order valence-corrected chi connectivity index (χ3v) is 4.11. The molecule has 1 saturated heterocycles. The normalized spacial score (nSPS) is 22.4. The van der Waals surface area contributed by atoms with Crippen LogP contribution in [0.5, 0.6) is 5.75 Å². The highest BCUT2D eigenvalue weighted by Crippen LogP contribution is 2.25. The van der Waals surface area contributed by atoms with E-state index >= 15 is 0 Å². The number of carbonyl (C=O) groups excluding carboxylic acids is 2. The number of benzene rings is 1. The second-order valence-electron chi connectivity index (χ2n) is 6.12. The summed E-state index contributed by atoms with van der Waals surface area (Å²) < 4.78 is 18.1. The Labute approximate surface area is 134 Å². The predicted octanol–water partition coefficient (Wildman–Crippen LogP) is 1.53. The van der Waals surface area contributed by atoms with Gasteiger partial charge < -0.3 is 15.2 Å². The Kier molecular flexibility index (Phi) is 4.89. The van der Waals surface area contributed by atoms with Crippen molar-refractivity contribution >= 4 is 11.9 Å². The SMILES string of the molecule is CC(C)C1(C)NC(=O)N(CC(O)COc2ccc(F)cc2)C1=O. The molecule has 23 heavy (non-hydrogen) atoms. The number of nitrogens with zero attached hydrogens (tertiary/aromatic N) is 1. The van der Waals surface area contributed by atoms with Crippen LogP contribution in [0.15, 0.2) is 24.3 Å². The second-order valence-corrected chi connectivity index (χ2v) is 6.12. The number of carbonyl (C=O) groups is 2.